The topological polar surface area (TPSA) is 42.0 Å². The van der Waals surface area contributed by atoms with Gasteiger partial charge < -0.3 is 5.32 Å². The Labute approximate surface area is 145 Å². The van der Waals surface area contributed by atoms with E-state index in [0.29, 0.717) is 18.5 Å². The molecule has 2 atom stereocenters. The third-order valence-corrected chi connectivity index (χ3v) is 5.79. The van der Waals surface area contributed by atoms with Gasteiger partial charge in [0, 0.05) is 22.4 Å². The van der Waals surface area contributed by atoms with Crippen LogP contribution in [0.15, 0.2) is 22.2 Å². The normalized spacial score (nSPS) is 21.6. The van der Waals surface area contributed by atoms with Crippen molar-refractivity contribution < 1.29 is 18.0 Å². The molecule has 1 amide bonds. The monoisotopic (exact) mass is 374 g/mol. The number of rotatable bonds is 4. The predicted octanol–water partition coefficient (Wildman–Crippen LogP) is 4.65. The van der Waals surface area contributed by atoms with Gasteiger partial charge in [0.05, 0.1) is 18.0 Å². The first-order valence-corrected chi connectivity index (χ1v) is 9.57. The molecule has 1 aliphatic carbocycles. The van der Waals surface area contributed by atoms with Crippen LogP contribution in [-0.4, -0.2) is 23.1 Å². The van der Waals surface area contributed by atoms with Gasteiger partial charge in [-0.05, 0) is 30.7 Å². The predicted molar refractivity (Wildman–Crippen MR) is 89.1 cm³/mol. The van der Waals surface area contributed by atoms with Gasteiger partial charge in [0.15, 0.2) is 0 Å². The molecule has 8 heteroatoms. The lowest BCUT2D eigenvalue weighted by Crippen LogP contribution is -2.42. The molecule has 0 bridgehead atoms. The Hall–Kier alpha value is -1.41. The van der Waals surface area contributed by atoms with E-state index in [4.69, 9.17) is 0 Å². The number of carbonyl (C=O) groups is 1. The summed E-state index contributed by atoms with van der Waals surface area (Å²) in [4.78, 5) is 16.5. The molecule has 1 N–H and O–H groups in total. The van der Waals surface area contributed by atoms with E-state index in [9.17, 15) is 18.0 Å². The summed E-state index contributed by atoms with van der Waals surface area (Å²) in [6.07, 6.45) is -2.83. The minimum atomic E-state index is -4.17. The van der Waals surface area contributed by atoms with Crippen molar-refractivity contribution in [1.29, 1.82) is 0 Å². The van der Waals surface area contributed by atoms with Crippen LogP contribution < -0.4 is 5.32 Å². The SMILES string of the molecule is O=C(Cc1csc(-c2ccsc2)n1)NC1CCCC(C(F)(F)F)C1. The number of halogens is 3. The van der Waals surface area contributed by atoms with Crippen LogP contribution in [0.25, 0.3) is 10.6 Å². The molecule has 130 valence electrons. The number of hydrogen-bond donors (Lipinski definition) is 1. The average molecular weight is 374 g/mol. The van der Waals surface area contributed by atoms with Gasteiger partial charge in [-0.2, -0.15) is 24.5 Å². The highest BCUT2D eigenvalue weighted by atomic mass is 32.1. The summed E-state index contributed by atoms with van der Waals surface area (Å²) < 4.78 is 38.4. The first-order chi connectivity index (χ1) is 11.4. The number of nitrogens with one attached hydrogen (secondary N) is 1. The molecule has 0 saturated heterocycles. The van der Waals surface area contributed by atoms with Gasteiger partial charge in [0.25, 0.3) is 0 Å². The number of carbonyl (C=O) groups excluding carboxylic acids is 1. The van der Waals surface area contributed by atoms with Crippen LogP contribution in [0.4, 0.5) is 13.2 Å². The summed E-state index contributed by atoms with van der Waals surface area (Å²) in [6.45, 7) is 0. The zero-order valence-electron chi connectivity index (χ0n) is 12.8. The fraction of sp³-hybridized carbons (Fsp3) is 0.500. The maximum atomic E-state index is 12.8. The first-order valence-electron chi connectivity index (χ1n) is 7.75. The van der Waals surface area contributed by atoms with E-state index in [1.165, 1.54) is 11.3 Å². The zero-order valence-corrected chi connectivity index (χ0v) is 14.4. The van der Waals surface area contributed by atoms with E-state index < -0.39 is 18.1 Å². The van der Waals surface area contributed by atoms with E-state index in [2.05, 4.69) is 10.3 Å². The Balaban J connectivity index is 1.54. The Bertz CT molecular complexity index is 682. The van der Waals surface area contributed by atoms with Gasteiger partial charge in [-0.15, -0.1) is 11.3 Å². The molecule has 3 rings (SSSR count). The number of amides is 1. The largest absolute Gasteiger partial charge is 0.391 e. The molecular formula is C16H17F3N2OS2. The summed E-state index contributed by atoms with van der Waals surface area (Å²) >= 11 is 3.04. The molecule has 24 heavy (non-hydrogen) atoms. The van der Waals surface area contributed by atoms with Crippen molar-refractivity contribution >= 4 is 28.6 Å². The van der Waals surface area contributed by atoms with Gasteiger partial charge in [0.2, 0.25) is 5.91 Å². The molecule has 1 aliphatic rings. The van der Waals surface area contributed by atoms with Crippen molar-refractivity contribution in [2.24, 2.45) is 5.92 Å². The van der Waals surface area contributed by atoms with Crippen molar-refractivity contribution in [1.82, 2.24) is 10.3 Å². The standard InChI is InChI=1S/C16H17F3N2OS2/c17-16(18,19)11-2-1-3-12(6-11)20-14(22)7-13-9-24-15(21-13)10-4-5-23-8-10/h4-5,8-9,11-12H,1-3,6-7H2,(H,20,22). The summed E-state index contributed by atoms with van der Waals surface area (Å²) in [5, 5.41) is 9.37. The maximum Gasteiger partial charge on any atom is 0.391 e. The van der Waals surface area contributed by atoms with Crippen molar-refractivity contribution in [3.8, 4) is 10.6 Å². The lowest BCUT2D eigenvalue weighted by Gasteiger charge is -2.31. The van der Waals surface area contributed by atoms with Gasteiger partial charge >= 0.3 is 6.18 Å². The Morgan fingerprint density at radius 1 is 1.33 bits per heavy atom. The van der Waals surface area contributed by atoms with Crippen LogP contribution in [0.5, 0.6) is 0 Å². The second-order valence-electron chi connectivity index (χ2n) is 6.00. The number of hydrogen-bond acceptors (Lipinski definition) is 4. The van der Waals surface area contributed by atoms with Crippen molar-refractivity contribution in [2.75, 3.05) is 0 Å². The molecular weight excluding hydrogens is 357 g/mol. The van der Waals surface area contributed by atoms with Gasteiger partial charge in [-0.1, -0.05) is 6.42 Å². The number of thiophene rings is 1. The third kappa shape index (κ3) is 4.36. The molecule has 0 radical (unpaired) electrons. The van der Waals surface area contributed by atoms with E-state index >= 15 is 0 Å². The van der Waals surface area contributed by atoms with E-state index in [1.54, 1.807) is 11.3 Å². The fourth-order valence-corrected chi connectivity index (χ4v) is 4.50. The quantitative estimate of drug-likeness (QED) is 0.846. The summed E-state index contributed by atoms with van der Waals surface area (Å²) in [7, 11) is 0. The number of nitrogens with zero attached hydrogens (tertiary/aromatic N) is 1. The summed E-state index contributed by atoms with van der Waals surface area (Å²) in [5.41, 5.74) is 1.68. The number of aromatic nitrogens is 1. The van der Waals surface area contributed by atoms with Crippen LogP contribution in [0.3, 0.4) is 0 Å². The molecule has 1 fully saturated rings. The molecule has 1 saturated carbocycles. The maximum absolute atomic E-state index is 12.8. The van der Waals surface area contributed by atoms with Crippen molar-refractivity contribution in [3.05, 3.63) is 27.9 Å². The zero-order chi connectivity index (χ0) is 17.2. The van der Waals surface area contributed by atoms with Crippen LogP contribution in [0, 0.1) is 5.92 Å². The van der Waals surface area contributed by atoms with Gasteiger partial charge in [0.1, 0.15) is 5.01 Å². The minimum absolute atomic E-state index is 0.0214. The molecule has 3 nitrogen and oxygen atoms in total. The summed E-state index contributed by atoms with van der Waals surface area (Å²) in [5.74, 6) is -1.56. The molecule has 0 aromatic carbocycles. The highest BCUT2D eigenvalue weighted by molar-refractivity contribution is 7.14. The van der Waals surface area contributed by atoms with Crippen molar-refractivity contribution in [3.63, 3.8) is 0 Å². The highest BCUT2D eigenvalue weighted by Gasteiger charge is 2.42. The second kappa shape index (κ2) is 7.23. The third-order valence-electron chi connectivity index (χ3n) is 4.16. The first kappa shape index (κ1) is 17.4. The Morgan fingerprint density at radius 2 is 2.17 bits per heavy atom. The number of thiazole rings is 1. The smallest absolute Gasteiger partial charge is 0.353 e. The molecule has 0 aliphatic heterocycles. The highest BCUT2D eigenvalue weighted by Crippen LogP contribution is 2.37. The molecule has 0 spiro atoms. The fourth-order valence-electron chi connectivity index (χ4n) is 2.97. The van der Waals surface area contributed by atoms with Gasteiger partial charge in [-0.25, -0.2) is 4.98 Å². The molecule has 2 aromatic heterocycles. The van der Waals surface area contributed by atoms with Crippen LogP contribution in [-0.2, 0) is 11.2 Å². The van der Waals surface area contributed by atoms with E-state index in [-0.39, 0.29) is 25.2 Å². The average Bonchev–Trinajstić information content (AvgIpc) is 3.17. The van der Waals surface area contributed by atoms with Crippen LogP contribution in [0.2, 0.25) is 0 Å². The molecule has 2 unspecified atom stereocenters. The molecule has 2 heterocycles. The van der Waals surface area contributed by atoms with Crippen LogP contribution >= 0.6 is 22.7 Å². The number of alkyl halides is 3. The van der Waals surface area contributed by atoms with E-state index in [0.717, 1.165) is 10.6 Å². The van der Waals surface area contributed by atoms with Crippen LogP contribution in [0.1, 0.15) is 31.4 Å². The summed E-state index contributed by atoms with van der Waals surface area (Å²) in [6, 6.07) is 1.57. The van der Waals surface area contributed by atoms with Gasteiger partial charge in [-0.3, -0.25) is 4.79 Å². The van der Waals surface area contributed by atoms with Crippen molar-refractivity contribution in [2.45, 2.75) is 44.3 Å². The Morgan fingerprint density at radius 3 is 2.88 bits per heavy atom. The molecule has 2 aromatic rings. The Kier molecular flexibility index (Phi) is 5.24. The minimum Gasteiger partial charge on any atom is -0.353 e. The lowest BCUT2D eigenvalue weighted by atomic mass is 9.85. The van der Waals surface area contributed by atoms with E-state index in [1.807, 2.05) is 22.2 Å². The lowest BCUT2D eigenvalue weighted by molar-refractivity contribution is -0.184. The second-order valence-corrected chi connectivity index (χ2v) is 7.64.